The number of thiophene rings is 2. The van der Waals surface area contributed by atoms with Crippen LogP contribution in [0.25, 0.3) is 95.2 Å². The topological polar surface area (TPSA) is 19.0 Å². The molecule has 0 atom stereocenters. The smallest absolute Gasteiger partial charge is 0.0565 e. The van der Waals surface area contributed by atoms with Gasteiger partial charge < -0.3 is 9.88 Å². The fourth-order valence-electron chi connectivity index (χ4n) is 8.69. The zero-order valence-electron chi connectivity index (χ0n) is 29.0. The number of hydrogen-bond donors (Lipinski definition) is 1. The first-order chi connectivity index (χ1) is 26.7. The molecule has 0 fully saturated rings. The third-order valence-corrected chi connectivity index (χ3v) is 13.4. The molecule has 12 rings (SSSR count). The van der Waals surface area contributed by atoms with Gasteiger partial charge in [0.15, 0.2) is 0 Å². The van der Waals surface area contributed by atoms with Gasteiger partial charge in [0.25, 0.3) is 0 Å². The van der Waals surface area contributed by atoms with E-state index in [0.29, 0.717) is 0 Å². The Bertz CT molecular complexity index is 3390. The third kappa shape index (κ3) is 4.45. The summed E-state index contributed by atoms with van der Waals surface area (Å²) in [6.07, 6.45) is 0. The summed E-state index contributed by atoms with van der Waals surface area (Å²) in [4.78, 5) is 6.35. The molecule has 1 N–H and O–H groups in total. The van der Waals surface area contributed by atoms with Crippen LogP contribution >= 0.6 is 22.7 Å². The minimum atomic E-state index is 1.12. The monoisotopic (exact) mass is 722 g/mol. The van der Waals surface area contributed by atoms with Crippen LogP contribution in [0.15, 0.2) is 176 Å². The molecule has 0 aliphatic carbocycles. The van der Waals surface area contributed by atoms with Crippen molar-refractivity contribution in [3.05, 3.63) is 176 Å². The second-order valence-electron chi connectivity index (χ2n) is 14.2. The van der Waals surface area contributed by atoms with Crippen LogP contribution in [0.2, 0.25) is 0 Å². The Morgan fingerprint density at radius 1 is 0.370 bits per heavy atom. The van der Waals surface area contributed by atoms with Crippen molar-refractivity contribution >= 4 is 113 Å². The molecular weight excluding hydrogens is 693 g/mol. The van der Waals surface area contributed by atoms with Crippen molar-refractivity contribution in [3.63, 3.8) is 0 Å². The minimum absolute atomic E-state index is 1.12. The van der Waals surface area contributed by atoms with E-state index in [9.17, 15) is 0 Å². The number of para-hydroxylation sites is 1. The molecule has 0 bridgehead atoms. The van der Waals surface area contributed by atoms with E-state index in [1.165, 1.54) is 95.2 Å². The summed E-state index contributed by atoms with van der Waals surface area (Å²) in [5.41, 5.74) is 10.7. The summed E-state index contributed by atoms with van der Waals surface area (Å²) in [6, 6.07) is 64.5. The second-order valence-corrected chi connectivity index (χ2v) is 16.3. The molecule has 3 heterocycles. The van der Waals surface area contributed by atoms with Crippen molar-refractivity contribution in [2.24, 2.45) is 0 Å². The molecule has 9 aromatic carbocycles. The minimum Gasteiger partial charge on any atom is -0.354 e. The lowest BCUT2D eigenvalue weighted by Gasteiger charge is -2.26. The summed E-state index contributed by atoms with van der Waals surface area (Å²) in [5, 5.41) is 10.6. The van der Waals surface area contributed by atoms with Crippen molar-refractivity contribution < 1.29 is 0 Å². The van der Waals surface area contributed by atoms with Crippen LogP contribution in [0.1, 0.15) is 0 Å². The second kappa shape index (κ2) is 11.5. The van der Waals surface area contributed by atoms with E-state index in [1.807, 2.05) is 22.7 Å². The van der Waals surface area contributed by atoms with E-state index < -0.39 is 0 Å². The van der Waals surface area contributed by atoms with Gasteiger partial charge in [-0.25, -0.2) is 0 Å². The lowest BCUT2D eigenvalue weighted by Crippen LogP contribution is -2.09. The number of fused-ring (bicyclic) bond motifs is 8. The first kappa shape index (κ1) is 30.0. The average Bonchev–Trinajstić information content (AvgIpc) is 3.92. The van der Waals surface area contributed by atoms with Crippen LogP contribution in [0.5, 0.6) is 0 Å². The van der Waals surface area contributed by atoms with Crippen molar-refractivity contribution in [1.29, 1.82) is 0 Å². The van der Waals surface area contributed by atoms with Crippen LogP contribution in [-0.2, 0) is 0 Å². The van der Waals surface area contributed by atoms with Crippen LogP contribution in [0.4, 0.5) is 17.1 Å². The van der Waals surface area contributed by atoms with Crippen LogP contribution in [0, 0.1) is 0 Å². The van der Waals surface area contributed by atoms with E-state index in [1.54, 1.807) is 0 Å². The van der Waals surface area contributed by atoms with Crippen LogP contribution < -0.4 is 4.90 Å². The number of hydrogen-bond acceptors (Lipinski definition) is 3. The first-order valence-electron chi connectivity index (χ1n) is 18.3. The maximum Gasteiger partial charge on any atom is 0.0565 e. The molecule has 54 heavy (non-hydrogen) atoms. The molecular formula is C50H30N2S2. The van der Waals surface area contributed by atoms with Crippen molar-refractivity contribution in [2.75, 3.05) is 4.90 Å². The van der Waals surface area contributed by atoms with Gasteiger partial charge in [0.05, 0.1) is 5.52 Å². The molecule has 252 valence electrons. The first-order valence-corrected chi connectivity index (χ1v) is 20.0. The molecule has 0 radical (unpaired) electrons. The van der Waals surface area contributed by atoms with Crippen molar-refractivity contribution in [3.8, 4) is 22.3 Å². The zero-order chi connectivity index (χ0) is 35.3. The Morgan fingerprint density at radius 2 is 1.06 bits per heavy atom. The zero-order valence-corrected chi connectivity index (χ0v) is 30.6. The van der Waals surface area contributed by atoms with Gasteiger partial charge in [-0.2, -0.15) is 0 Å². The molecule has 2 nitrogen and oxygen atoms in total. The highest BCUT2D eigenvalue weighted by Gasteiger charge is 2.21. The van der Waals surface area contributed by atoms with Gasteiger partial charge in [0.1, 0.15) is 0 Å². The molecule has 4 heteroatoms. The predicted octanol–water partition coefficient (Wildman–Crippen LogP) is 15.5. The molecule has 0 unspecified atom stereocenters. The standard InChI is InChI=1S/C50H30N2S2/c1-3-11-30(12-4-1)31-13-9-14-32(25-31)33-15-10-18-36(26-33)52(35-16-5-2-6-17-35)37-22-24-44-40(28-37)41-29-42-47-39(50(41)54-44)23-21-34-27-45-48(49(51-42)46(34)47)38-19-7-8-20-43(38)53-45/h1-29,51H. The number of nitrogens with one attached hydrogen (secondary N) is 1. The lowest BCUT2D eigenvalue weighted by molar-refractivity contribution is 1.29. The summed E-state index contributed by atoms with van der Waals surface area (Å²) in [6.45, 7) is 0. The van der Waals surface area contributed by atoms with Crippen molar-refractivity contribution in [2.45, 2.75) is 0 Å². The maximum atomic E-state index is 3.95. The molecule has 0 saturated carbocycles. The third-order valence-electron chi connectivity index (χ3n) is 11.1. The van der Waals surface area contributed by atoms with Gasteiger partial charge in [0.2, 0.25) is 0 Å². The molecule has 0 saturated heterocycles. The predicted molar refractivity (Wildman–Crippen MR) is 236 cm³/mol. The Hall–Kier alpha value is -6.46. The Labute approximate surface area is 319 Å². The van der Waals surface area contributed by atoms with Gasteiger partial charge in [-0.05, 0) is 94.4 Å². The van der Waals surface area contributed by atoms with E-state index >= 15 is 0 Å². The Morgan fingerprint density at radius 3 is 1.93 bits per heavy atom. The lowest BCUT2D eigenvalue weighted by atomic mass is 9.98. The number of aromatic nitrogens is 1. The van der Waals surface area contributed by atoms with Gasteiger partial charge in [-0.15, -0.1) is 22.7 Å². The number of anilines is 3. The van der Waals surface area contributed by atoms with E-state index in [2.05, 4.69) is 186 Å². The Kier molecular flexibility index (Phi) is 6.41. The van der Waals surface area contributed by atoms with Gasteiger partial charge >= 0.3 is 0 Å². The van der Waals surface area contributed by atoms with E-state index in [0.717, 1.165) is 17.1 Å². The Balaban J connectivity index is 1.04. The molecule has 0 aliphatic heterocycles. The number of rotatable bonds is 5. The summed E-state index contributed by atoms with van der Waals surface area (Å²) in [5.74, 6) is 0. The summed E-state index contributed by atoms with van der Waals surface area (Å²) >= 11 is 3.79. The van der Waals surface area contributed by atoms with E-state index in [-0.39, 0.29) is 0 Å². The molecule has 3 aromatic heterocycles. The number of H-pyrrole nitrogens is 1. The normalized spacial score (nSPS) is 12.1. The molecule has 0 spiro atoms. The maximum absolute atomic E-state index is 3.95. The molecule has 0 amide bonds. The van der Waals surface area contributed by atoms with Gasteiger partial charge in [-0.3, -0.25) is 0 Å². The van der Waals surface area contributed by atoms with Crippen LogP contribution in [0.3, 0.4) is 0 Å². The average molecular weight is 723 g/mol. The van der Waals surface area contributed by atoms with Crippen molar-refractivity contribution in [1.82, 2.24) is 4.98 Å². The van der Waals surface area contributed by atoms with Crippen LogP contribution in [-0.4, -0.2) is 4.98 Å². The fraction of sp³-hybridized carbons (Fsp3) is 0. The SMILES string of the molecule is c1ccc(-c2cccc(-c3cccc(N(c4ccccc4)c4ccc5sc6c(cc7[nH]c8c9c(cc%10ccc6c7c%108)sc6ccccc69)c5c4)c3)c2)cc1. The van der Waals surface area contributed by atoms with Gasteiger partial charge in [-0.1, -0.05) is 109 Å². The largest absolute Gasteiger partial charge is 0.354 e. The highest BCUT2D eigenvalue weighted by Crippen LogP contribution is 2.49. The highest BCUT2D eigenvalue weighted by atomic mass is 32.1. The number of nitrogens with zero attached hydrogens (tertiary/aromatic N) is 1. The summed E-state index contributed by atoms with van der Waals surface area (Å²) < 4.78 is 5.32. The highest BCUT2D eigenvalue weighted by molar-refractivity contribution is 7.27. The molecule has 12 aromatic rings. The van der Waals surface area contributed by atoms with Gasteiger partial charge in [0, 0.05) is 79.1 Å². The quantitative estimate of drug-likeness (QED) is 0.175. The fourth-order valence-corrected chi connectivity index (χ4v) is 11.0. The summed E-state index contributed by atoms with van der Waals surface area (Å²) in [7, 11) is 0. The number of aromatic amines is 1. The van der Waals surface area contributed by atoms with E-state index in [4.69, 9.17) is 0 Å². The number of benzene rings is 9. The molecule has 0 aliphatic rings.